The standard InChI is InChI=1S/C23H30N4O4/c1-4-7-20(22(29)24-16-28)27-19-10-5-8-17(21(19)26(3)23(27)30)9-6-15-31-18-11-13-25(2)14-12-18/h5,8,10,16,18,20H,4,7,11-15H2,1-3H3,(H,24,28,29). The fraction of sp³-hybridized carbons (Fsp3) is 0.522. The van der Waals surface area contributed by atoms with Gasteiger partial charge in [0, 0.05) is 20.1 Å². The van der Waals surface area contributed by atoms with Crippen LogP contribution in [0.1, 0.15) is 44.2 Å². The number of nitrogens with one attached hydrogen (secondary N) is 1. The van der Waals surface area contributed by atoms with E-state index in [0.717, 1.165) is 25.9 Å². The Morgan fingerprint density at radius 1 is 1.32 bits per heavy atom. The van der Waals surface area contributed by atoms with Crippen molar-refractivity contribution in [3.63, 3.8) is 0 Å². The van der Waals surface area contributed by atoms with Gasteiger partial charge in [0.25, 0.3) is 0 Å². The topological polar surface area (TPSA) is 85.6 Å². The third-order valence-corrected chi connectivity index (χ3v) is 5.76. The molecule has 2 amide bonds. The Bertz CT molecular complexity index is 1050. The lowest BCUT2D eigenvalue weighted by molar-refractivity contribution is -0.128. The van der Waals surface area contributed by atoms with Crippen molar-refractivity contribution < 1.29 is 14.3 Å². The average molecular weight is 427 g/mol. The Morgan fingerprint density at radius 3 is 2.74 bits per heavy atom. The number of hydrogen-bond acceptors (Lipinski definition) is 5. The van der Waals surface area contributed by atoms with Crippen molar-refractivity contribution in [1.82, 2.24) is 19.4 Å². The minimum atomic E-state index is -0.762. The number of imidazole rings is 1. The minimum absolute atomic E-state index is 0.234. The molecule has 3 rings (SSSR count). The molecule has 1 aromatic heterocycles. The van der Waals surface area contributed by atoms with E-state index < -0.39 is 11.9 Å². The largest absolute Gasteiger partial charge is 0.365 e. The molecule has 166 valence electrons. The molecule has 1 aromatic carbocycles. The molecule has 2 heterocycles. The predicted octanol–water partition coefficient (Wildman–Crippen LogP) is 1.42. The number of aryl methyl sites for hydroxylation is 1. The second-order valence-electron chi connectivity index (χ2n) is 7.93. The summed E-state index contributed by atoms with van der Waals surface area (Å²) in [5.74, 6) is 5.71. The number of carbonyl (C=O) groups is 2. The fourth-order valence-electron chi connectivity index (χ4n) is 4.09. The molecule has 1 unspecified atom stereocenters. The molecule has 1 aliphatic rings. The van der Waals surface area contributed by atoms with Gasteiger partial charge in [-0.05, 0) is 38.4 Å². The first kappa shape index (κ1) is 22.8. The van der Waals surface area contributed by atoms with Crippen molar-refractivity contribution >= 4 is 23.4 Å². The van der Waals surface area contributed by atoms with Gasteiger partial charge >= 0.3 is 5.69 Å². The summed E-state index contributed by atoms with van der Waals surface area (Å²) in [6.07, 6.45) is 3.73. The molecule has 0 bridgehead atoms. The summed E-state index contributed by atoms with van der Waals surface area (Å²) in [6.45, 7) is 4.32. The normalized spacial score (nSPS) is 16.0. The Labute approximate surface area is 182 Å². The van der Waals surface area contributed by atoms with Crippen LogP contribution in [0.4, 0.5) is 0 Å². The summed E-state index contributed by atoms with van der Waals surface area (Å²) >= 11 is 0. The highest BCUT2D eigenvalue weighted by Crippen LogP contribution is 2.23. The van der Waals surface area contributed by atoms with Crippen LogP contribution in [0.25, 0.3) is 11.0 Å². The number of amides is 2. The number of piperidine rings is 1. The van der Waals surface area contributed by atoms with Crippen LogP contribution in [-0.2, 0) is 21.4 Å². The Kier molecular flexibility index (Phi) is 7.66. The lowest BCUT2D eigenvalue weighted by Gasteiger charge is -2.28. The second-order valence-corrected chi connectivity index (χ2v) is 7.93. The molecule has 8 heteroatoms. The molecule has 1 aliphatic heterocycles. The number of nitrogens with zero attached hydrogens (tertiary/aromatic N) is 3. The number of rotatable bonds is 7. The van der Waals surface area contributed by atoms with Gasteiger partial charge in [-0.1, -0.05) is 31.3 Å². The maximum absolute atomic E-state index is 13.0. The number of fused-ring (bicyclic) bond motifs is 1. The number of aromatic nitrogens is 2. The molecule has 2 aromatic rings. The van der Waals surface area contributed by atoms with Gasteiger partial charge in [0.2, 0.25) is 12.3 Å². The van der Waals surface area contributed by atoms with Crippen LogP contribution in [0, 0.1) is 11.8 Å². The summed E-state index contributed by atoms with van der Waals surface area (Å²) in [5, 5.41) is 2.18. The summed E-state index contributed by atoms with van der Waals surface area (Å²) in [6, 6.07) is 4.71. The molecule has 1 N–H and O–H groups in total. The summed E-state index contributed by atoms with van der Waals surface area (Å²) in [4.78, 5) is 38.5. The Hall–Kier alpha value is -2.89. The fourth-order valence-corrected chi connectivity index (χ4v) is 4.09. The number of benzene rings is 1. The zero-order valence-electron chi connectivity index (χ0n) is 18.4. The third-order valence-electron chi connectivity index (χ3n) is 5.76. The van der Waals surface area contributed by atoms with Crippen LogP contribution in [0.5, 0.6) is 0 Å². The van der Waals surface area contributed by atoms with Crippen molar-refractivity contribution in [2.24, 2.45) is 7.05 Å². The van der Waals surface area contributed by atoms with Crippen molar-refractivity contribution in [2.45, 2.75) is 44.8 Å². The number of imide groups is 1. The monoisotopic (exact) mass is 426 g/mol. The van der Waals surface area contributed by atoms with E-state index in [2.05, 4.69) is 29.1 Å². The van der Waals surface area contributed by atoms with E-state index in [4.69, 9.17) is 4.74 Å². The van der Waals surface area contributed by atoms with Gasteiger partial charge in [-0.15, -0.1) is 0 Å². The minimum Gasteiger partial charge on any atom is -0.365 e. The van der Waals surface area contributed by atoms with Gasteiger partial charge in [-0.2, -0.15) is 0 Å². The van der Waals surface area contributed by atoms with Crippen LogP contribution in [0.3, 0.4) is 0 Å². The van der Waals surface area contributed by atoms with Gasteiger partial charge in [0.1, 0.15) is 12.6 Å². The SMILES string of the molecule is CCCC(C(=O)NC=O)n1c(=O)n(C)c2c(C#CCOC3CCN(C)CC3)cccc21. The molecular weight excluding hydrogens is 396 g/mol. The van der Waals surface area contributed by atoms with Crippen molar-refractivity contribution in [3.05, 3.63) is 34.2 Å². The highest BCUT2D eigenvalue weighted by atomic mass is 16.5. The number of carbonyl (C=O) groups excluding carboxylic acids is 2. The summed E-state index contributed by atoms with van der Waals surface area (Å²) in [5.41, 5.74) is 1.68. The zero-order valence-corrected chi connectivity index (χ0v) is 18.4. The predicted molar refractivity (Wildman–Crippen MR) is 119 cm³/mol. The molecule has 0 radical (unpaired) electrons. The first-order valence-corrected chi connectivity index (χ1v) is 10.7. The molecule has 0 spiro atoms. The number of para-hydroxylation sites is 1. The lowest BCUT2D eigenvalue weighted by atomic mass is 10.1. The van der Waals surface area contributed by atoms with Crippen molar-refractivity contribution in [3.8, 4) is 11.8 Å². The van der Waals surface area contributed by atoms with Crippen LogP contribution in [0.15, 0.2) is 23.0 Å². The molecule has 0 aliphatic carbocycles. The van der Waals surface area contributed by atoms with Gasteiger partial charge in [-0.25, -0.2) is 4.79 Å². The van der Waals surface area contributed by atoms with Crippen molar-refractivity contribution in [1.29, 1.82) is 0 Å². The van der Waals surface area contributed by atoms with Gasteiger partial charge in [0.15, 0.2) is 0 Å². The molecule has 1 saturated heterocycles. The number of likely N-dealkylation sites (tertiary alicyclic amines) is 1. The lowest BCUT2D eigenvalue weighted by Crippen LogP contribution is -2.36. The number of hydrogen-bond donors (Lipinski definition) is 1. The van der Waals surface area contributed by atoms with Gasteiger partial charge in [-0.3, -0.25) is 24.0 Å². The zero-order chi connectivity index (χ0) is 22.4. The van der Waals surface area contributed by atoms with Crippen molar-refractivity contribution in [2.75, 3.05) is 26.7 Å². The molecule has 0 saturated carbocycles. The maximum atomic E-state index is 13.0. The van der Waals surface area contributed by atoms with E-state index in [1.165, 1.54) is 9.13 Å². The van der Waals surface area contributed by atoms with Crippen LogP contribution in [0.2, 0.25) is 0 Å². The first-order chi connectivity index (χ1) is 15.0. The van der Waals surface area contributed by atoms with E-state index in [9.17, 15) is 14.4 Å². The van der Waals surface area contributed by atoms with E-state index in [-0.39, 0.29) is 11.8 Å². The first-order valence-electron chi connectivity index (χ1n) is 10.7. The quantitative estimate of drug-likeness (QED) is 0.535. The Balaban J connectivity index is 1.88. The summed E-state index contributed by atoms with van der Waals surface area (Å²) < 4.78 is 8.86. The van der Waals surface area contributed by atoms with Crippen LogP contribution in [-0.4, -0.2) is 59.2 Å². The third kappa shape index (κ3) is 5.06. The van der Waals surface area contributed by atoms with Crippen LogP contribution >= 0.6 is 0 Å². The maximum Gasteiger partial charge on any atom is 0.329 e. The highest BCUT2D eigenvalue weighted by Gasteiger charge is 2.25. The van der Waals surface area contributed by atoms with Crippen LogP contribution < -0.4 is 11.0 Å². The molecule has 1 atom stereocenters. The highest BCUT2D eigenvalue weighted by molar-refractivity contribution is 5.91. The molecular formula is C23H30N4O4. The Morgan fingerprint density at radius 2 is 2.06 bits per heavy atom. The summed E-state index contributed by atoms with van der Waals surface area (Å²) in [7, 11) is 3.78. The molecule has 1 fully saturated rings. The second kappa shape index (κ2) is 10.4. The van der Waals surface area contributed by atoms with E-state index in [0.29, 0.717) is 42.5 Å². The van der Waals surface area contributed by atoms with Gasteiger partial charge in [0.05, 0.1) is 22.7 Å². The van der Waals surface area contributed by atoms with Gasteiger partial charge < -0.3 is 9.64 Å². The number of ether oxygens (including phenoxy) is 1. The van der Waals surface area contributed by atoms with E-state index in [1.54, 1.807) is 13.1 Å². The van der Waals surface area contributed by atoms with E-state index in [1.807, 2.05) is 19.1 Å². The average Bonchev–Trinajstić information content (AvgIpc) is 3.02. The molecule has 8 nitrogen and oxygen atoms in total. The molecule has 31 heavy (non-hydrogen) atoms. The smallest absolute Gasteiger partial charge is 0.329 e. The van der Waals surface area contributed by atoms with E-state index >= 15 is 0 Å².